The highest BCUT2D eigenvalue weighted by atomic mass is 32.2. The fourth-order valence-corrected chi connectivity index (χ4v) is 7.35. The van der Waals surface area contributed by atoms with Crippen molar-refractivity contribution in [3.05, 3.63) is 138 Å². The van der Waals surface area contributed by atoms with Gasteiger partial charge in [-0.3, -0.25) is 14.4 Å². The number of methoxy groups -OCH3 is 1. The Morgan fingerprint density at radius 1 is 0.636 bits per heavy atom. The average Bonchev–Trinajstić information content (AvgIpc) is 3.23. The van der Waals surface area contributed by atoms with Crippen LogP contribution >= 0.6 is 11.8 Å². The maximum Gasteiger partial charge on any atom is 0.330 e. The van der Waals surface area contributed by atoms with E-state index in [9.17, 15) is 19.2 Å². The molecule has 0 unspecified atom stereocenters. The van der Waals surface area contributed by atoms with Crippen molar-refractivity contribution >= 4 is 35.5 Å². The van der Waals surface area contributed by atoms with Crippen molar-refractivity contribution in [3.63, 3.8) is 0 Å². The molecule has 3 N–H and O–H groups in total. The number of nitrogens with one attached hydrogen (secondary N) is 3. The van der Waals surface area contributed by atoms with E-state index in [0.717, 1.165) is 54.4 Å². The molecule has 0 saturated heterocycles. The van der Waals surface area contributed by atoms with Gasteiger partial charge in [0.15, 0.2) is 6.04 Å². The lowest BCUT2D eigenvalue weighted by Gasteiger charge is -2.27. The molecule has 0 bridgehead atoms. The minimum Gasteiger partial charge on any atom is -0.489 e. The van der Waals surface area contributed by atoms with Crippen LogP contribution in [-0.2, 0) is 54.0 Å². The van der Waals surface area contributed by atoms with Crippen molar-refractivity contribution in [2.75, 3.05) is 19.5 Å². The number of hydrogen-bond donors (Lipinski definition) is 3. The van der Waals surface area contributed by atoms with Crippen molar-refractivity contribution in [1.82, 2.24) is 16.0 Å². The first-order valence-corrected chi connectivity index (χ1v) is 20.0. The van der Waals surface area contributed by atoms with Gasteiger partial charge >= 0.3 is 5.97 Å². The van der Waals surface area contributed by atoms with Crippen LogP contribution < -0.4 is 20.7 Å². The van der Waals surface area contributed by atoms with Crippen LogP contribution in [0.2, 0.25) is 0 Å². The summed E-state index contributed by atoms with van der Waals surface area (Å²) in [5.41, 5.74) is 3.79. The highest BCUT2D eigenvalue weighted by Crippen LogP contribution is 2.24. The lowest BCUT2D eigenvalue weighted by atomic mass is 9.88. The van der Waals surface area contributed by atoms with Crippen LogP contribution in [0.4, 0.5) is 0 Å². The summed E-state index contributed by atoms with van der Waals surface area (Å²) in [4.78, 5) is 54.5. The molecule has 1 saturated carbocycles. The average molecular weight is 766 g/mol. The van der Waals surface area contributed by atoms with Gasteiger partial charge in [-0.2, -0.15) is 11.8 Å². The van der Waals surface area contributed by atoms with Crippen LogP contribution in [0.15, 0.2) is 115 Å². The van der Waals surface area contributed by atoms with Gasteiger partial charge in [-0.05, 0) is 47.2 Å². The van der Waals surface area contributed by atoms with Crippen molar-refractivity contribution in [2.24, 2.45) is 5.92 Å². The minimum absolute atomic E-state index is 0.107. The largest absolute Gasteiger partial charge is 0.489 e. The Hall–Kier alpha value is -5.13. The zero-order valence-corrected chi connectivity index (χ0v) is 32.1. The molecule has 0 spiro atoms. The van der Waals surface area contributed by atoms with E-state index in [0.29, 0.717) is 23.9 Å². The molecular formula is C44H51N3O7S. The molecule has 11 heteroatoms. The van der Waals surface area contributed by atoms with E-state index in [4.69, 9.17) is 14.2 Å². The van der Waals surface area contributed by atoms with Gasteiger partial charge in [0.25, 0.3) is 0 Å². The lowest BCUT2D eigenvalue weighted by molar-refractivity contribution is -0.147. The molecular weight excluding hydrogens is 715 g/mol. The number of ether oxygens (including phenoxy) is 3. The Labute approximate surface area is 328 Å². The second-order valence-corrected chi connectivity index (χ2v) is 14.7. The predicted octanol–water partition coefficient (Wildman–Crippen LogP) is 6.17. The van der Waals surface area contributed by atoms with Gasteiger partial charge in [-0.1, -0.05) is 122 Å². The minimum atomic E-state index is -1.13. The first kappa shape index (κ1) is 41.0. The molecule has 3 atom stereocenters. The maximum absolute atomic E-state index is 14.1. The normalized spacial score (nSPS) is 14.5. The number of carbonyl (C=O) groups excluding carboxylic acids is 4. The summed E-state index contributed by atoms with van der Waals surface area (Å²) in [6.07, 6.45) is 4.74. The van der Waals surface area contributed by atoms with E-state index in [2.05, 4.69) is 16.0 Å². The van der Waals surface area contributed by atoms with Crippen LogP contribution in [0.5, 0.6) is 5.75 Å². The molecule has 0 radical (unpaired) electrons. The molecule has 5 rings (SSSR count). The van der Waals surface area contributed by atoms with Gasteiger partial charge in [0.2, 0.25) is 17.7 Å². The predicted molar refractivity (Wildman–Crippen MR) is 214 cm³/mol. The molecule has 1 fully saturated rings. The smallest absolute Gasteiger partial charge is 0.330 e. The molecule has 4 aromatic carbocycles. The highest BCUT2D eigenvalue weighted by molar-refractivity contribution is 7.98. The molecule has 55 heavy (non-hydrogen) atoms. The quantitative estimate of drug-likeness (QED) is 0.0912. The third-order valence-electron chi connectivity index (χ3n) is 9.45. The Morgan fingerprint density at radius 3 is 1.82 bits per heavy atom. The third kappa shape index (κ3) is 13.9. The van der Waals surface area contributed by atoms with E-state index in [-0.39, 0.29) is 31.5 Å². The van der Waals surface area contributed by atoms with E-state index in [1.165, 1.54) is 18.9 Å². The summed E-state index contributed by atoms with van der Waals surface area (Å²) >= 11 is 1.53. The number of carbonyl (C=O) groups is 4. The standard InChI is InChI=1S/C44H51N3O7S/c1-52-44(51)39(29-53-27-33-14-6-2-7-15-33)46-42(49)38(26-32-22-24-37(25-23-32)54-28-34-16-8-3-9-17-34)45-43(50)40(31-55-30-35-18-10-4-11-19-35)47-41(48)36-20-12-5-13-21-36/h2-4,6-11,14-19,22-25,36,38-40H,5,12-13,20-21,26-31H2,1H3,(H,45,50)(H,46,49)(H,47,48)/t38-,39-,40-/m0/s1. The first-order chi connectivity index (χ1) is 26.9. The van der Waals surface area contributed by atoms with Crippen LogP contribution in [0.25, 0.3) is 0 Å². The summed E-state index contributed by atoms with van der Waals surface area (Å²) < 4.78 is 16.8. The summed E-state index contributed by atoms with van der Waals surface area (Å²) in [6, 6.07) is 33.4. The fraction of sp³-hybridized carbons (Fsp3) is 0.364. The molecule has 4 aromatic rings. The molecule has 3 amide bonds. The second-order valence-electron chi connectivity index (χ2n) is 13.7. The van der Waals surface area contributed by atoms with E-state index in [1.54, 1.807) is 0 Å². The second kappa shape index (κ2) is 22.3. The first-order valence-electron chi connectivity index (χ1n) is 18.9. The van der Waals surface area contributed by atoms with Gasteiger partial charge in [0, 0.05) is 23.8 Å². The summed E-state index contributed by atoms with van der Waals surface area (Å²) in [7, 11) is 1.24. The number of rotatable bonds is 20. The van der Waals surface area contributed by atoms with Crippen LogP contribution in [-0.4, -0.2) is 61.3 Å². The van der Waals surface area contributed by atoms with Gasteiger partial charge in [-0.25, -0.2) is 4.79 Å². The zero-order chi connectivity index (χ0) is 38.7. The molecule has 0 aliphatic heterocycles. The summed E-state index contributed by atoms with van der Waals surface area (Å²) in [6.45, 7) is 0.489. The third-order valence-corrected chi connectivity index (χ3v) is 10.6. The summed E-state index contributed by atoms with van der Waals surface area (Å²) in [5.74, 6) is -0.445. The molecule has 1 aliphatic rings. The number of esters is 1. The van der Waals surface area contributed by atoms with Crippen molar-refractivity contribution < 1.29 is 33.4 Å². The maximum atomic E-state index is 14.1. The number of benzene rings is 4. The number of thioether (sulfide) groups is 1. The van der Waals surface area contributed by atoms with Crippen LogP contribution in [0.3, 0.4) is 0 Å². The SMILES string of the molecule is COC(=O)[C@H](COCc1ccccc1)NC(=O)[C@H](Cc1ccc(OCc2ccccc2)cc1)NC(=O)[C@H](CSCc1ccccc1)NC(=O)C1CCCCC1. The summed E-state index contributed by atoms with van der Waals surface area (Å²) in [5, 5.41) is 8.69. The Bertz CT molecular complexity index is 1770. The topological polar surface area (TPSA) is 132 Å². The van der Waals surface area contributed by atoms with Crippen molar-refractivity contribution in [1.29, 1.82) is 0 Å². The highest BCUT2D eigenvalue weighted by Gasteiger charge is 2.32. The Kier molecular flexibility index (Phi) is 16.6. The lowest BCUT2D eigenvalue weighted by Crippen LogP contribution is -2.58. The van der Waals surface area contributed by atoms with Crippen LogP contribution in [0, 0.1) is 5.92 Å². The number of hydrogen-bond acceptors (Lipinski definition) is 8. The molecule has 1 aliphatic carbocycles. The van der Waals surface area contributed by atoms with Gasteiger partial charge in [0.1, 0.15) is 24.4 Å². The molecule has 0 aromatic heterocycles. The van der Waals surface area contributed by atoms with Gasteiger partial charge in [0.05, 0.1) is 20.3 Å². The van der Waals surface area contributed by atoms with Crippen LogP contribution in [0.1, 0.15) is 54.4 Å². The van der Waals surface area contributed by atoms with E-state index < -0.39 is 35.9 Å². The number of amides is 3. The zero-order valence-electron chi connectivity index (χ0n) is 31.3. The van der Waals surface area contributed by atoms with E-state index >= 15 is 0 Å². The Morgan fingerprint density at radius 2 is 1.20 bits per heavy atom. The van der Waals surface area contributed by atoms with Gasteiger partial charge < -0.3 is 30.2 Å². The van der Waals surface area contributed by atoms with E-state index in [1.807, 2.05) is 115 Å². The monoisotopic (exact) mass is 765 g/mol. The van der Waals surface area contributed by atoms with Crippen molar-refractivity contribution in [3.8, 4) is 5.75 Å². The molecule has 290 valence electrons. The Balaban J connectivity index is 1.31. The molecule has 10 nitrogen and oxygen atoms in total. The van der Waals surface area contributed by atoms with Gasteiger partial charge in [-0.15, -0.1) is 0 Å². The molecule has 0 heterocycles. The van der Waals surface area contributed by atoms with Crippen molar-refractivity contribution in [2.45, 2.75) is 75.6 Å². The fourth-order valence-electron chi connectivity index (χ4n) is 6.34.